The normalized spacial score (nSPS) is 22.8. The maximum Gasteiger partial charge on any atom is 0.239 e. The van der Waals surface area contributed by atoms with Crippen molar-refractivity contribution in [1.82, 2.24) is 19.7 Å². The van der Waals surface area contributed by atoms with Gasteiger partial charge >= 0.3 is 0 Å². The highest BCUT2D eigenvalue weighted by atomic mass is 32.3. The van der Waals surface area contributed by atoms with Gasteiger partial charge < -0.3 is 5.32 Å². The van der Waals surface area contributed by atoms with Crippen molar-refractivity contribution >= 4 is 33.4 Å². The minimum atomic E-state index is -0.671. The topological polar surface area (TPSA) is 75.9 Å². The average Bonchev–Trinajstić information content (AvgIpc) is 3.27. The van der Waals surface area contributed by atoms with Crippen LogP contribution in [0.5, 0.6) is 0 Å². The van der Waals surface area contributed by atoms with Crippen LogP contribution < -0.4 is 10.2 Å². The molecule has 1 unspecified atom stereocenters. The molecule has 1 spiro atoms. The standard InChI is InChI=1S/C25H29FN6OS/c1-15-9-18(16-11-28-31(2)13-16)20(26)10-21(15)29-24-27-12-19-22(30-24)32(23(33)25(19)6-7-25)17-5-8-34(3,4)14-17/h9-13,17H,5-8,14H2,1-4H3,(H,27,29,30). The number of anilines is 3. The molecule has 2 aliphatic heterocycles. The van der Waals surface area contributed by atoms with Crippen molar-refractivity contribution < 1.29 is 9.18 Å². The SMILES string of the molecule is Cc1cc(-c2cnn(C)c2)c(F)cc1Nc1ncc2c(n1)N(C1CCS(C)(C)C1)C(=O)C21CC1. The van der Waals surface area contributed by atoms with Crippen molar-refractivity contribution in [3.63, 3.8) is 0 Å². The van der Waals surface area contributed by atoms with Gasteiger partial charge in [-0.2, -0.15) is 10.1 Å². The minimum absolute atomic E-state index is 0.194. The number of fused-ring (bicyclic) bond motifs is 2. The van der Waals surface area contributed by atoms with Crippen LogP contribution in [0, 0.1) is 12.7 Å². The molecule has 178 valence electrons. The molecule has 4 heterocycles. The van der Waals surface area contributed by atoms with E-state index in [2.05, 4.69) is 27.9 Å². The second-order valence-corrected chi connectivity index (χ2v) is 14.7. The molecule has 1 saturated heterocycles. The van der Waals surface area contributed by atoms with Crippen LogP contribution in [0.3, 0.4) is 0 Å². The van der Waals surface area contributed by atoms with Crippen LogP contribution in [0.2, 0.25) is 0 Å². The van der Waals surface area contributed by atoms with Gasteiger partial charge in [-0.25, -0.2) is 19.4 Å². The molecular formula is C25H29FN6OS. The van der Waals surface area contributed by atoms with Gasteiger partial charge in [-0.1, -0.05) is 0 Å². The molecule has 9 heteroatoms. The summed E-state index contributed by atoms with van der Waals surface area (Å²) < 4.78 is 16.6. The minimum Gasteiger partial charge on any atom is -0.324 e. The van der Waals surface area contributed by atoms with Gasteiger partial charge in [0.15, 0.2) is 0 Å². The van der Waals surface area contributed by atoms with E-state index in [1.54, 1.807) is 29.3 Å². The average molecular weight is 481 g/mol. The maximum atomic E-state index is 15.0. The van der Waals surface area contributed by atoms with E-state index < -0.39 is 15.4 Å². The van der Waals surface area contributed by atoms with Crippen molar-refractivity contribution in [3.05, 3.63) is 47.7 Å². The van der Waals surface area contributed by atoms with Crippen molar-refractivity contribution in [2.24, 2.45) is 7.05 Å². The summed E-state index contributed by atoms with van der Waals surface area (Å²) in [6.07, 6.45) is 12.7. The van der Waals surface area contributed by atoms with Crippen molar-refractivity contribution in [3.8, 4) is 11.1 Å². The Hall–Kier alpha value is -2.94. The molecule has 3 aliphatic rings. The zero-order valence-corrected chi connectivity index (χ0v) is 20.7. The number of aromatic nitrogens is 4. The third-order valence-electron chi connectivity index (χ3n) is 7.48. The molecule has 1 amide bonds. The molecule has 1 atom stereocenters. The second-order valence-electron chi connectivity index (χ2n) is 10.4. The first-order valence-corrected chi connectivity index (χ1v) is 14.4. The Morgan fingerprint density at radius 1 is 1.24 bits per heavy atom. The van der Waals surface area contributed by atoms with Gasteiger partial charge in [0, 0.05) is 47.9 Å². The molecule has 1 N–H and O–H groups in total. The summed E-state index contributed by atoms with van der Waals surface area (Å²) in [5.41, 5.74) is 3.26. The molecule has 3 aromatic rings. The number of carbonyl (C=O) groups excluding carboxylic acids is 1. The summed E-state index contributed by atoms with van der Waals surface area (Å²) in [4.78, 5) is 24.8. The molecular weight excluding hydrogens is 451 g/mol. The third-order valence-corrected chi connectivity index (χ3v) is 10.1. The molecule has 34 heavy (non-hydrogen) atoms. The predicted molar refractivity (Wildman–Crippen MR) is 135 cm³/mol. The summed E-state index contributed by atoms with van der Waals surface area (Å²) in [6.45, 7) is 1.92. The highest BCUT2D eigenvalue weighted by molar-refractivity contribution is 8.32. The predicted octanol–water partition coefficient (Wildman–Crippen LogP) is 4.28. The fraction of sp³-hybridized carbons (Fsp3) is 0.440. The lowest BCUT2D eigenvalue weighted by molar-refractivity contribution is -0.120. The van der Waals surface area contributed by atoms with E-state index in [9.17, 15) is 9.18 Å². The zero-order chi connectivity index (χ0) is 23.8. The number of rotatable bonds is 4. The zero-order valence-electron chi connectivity index (χ0n) is 19.9. The molecule has 7 nitrogen and oxygen atoms in total. The number of benzene rings is 1. The van der Waals surface area contributed by atoms with Crippen LogP contribution in [-0.2, 0) is 17.3 Å². The van der Waals surface area contributed by atoms with Crippen molar-refractivity contribution in [1.29, 1.82) is 0 Å². The number of halogens is 1. The number of carbonyl (C=O) groups is 1. The first kappa shape index (κ1) is 21.6. The molecule has 1 aromatic carbocycles. The smallest absolute Gasteiger partial charge is 0.239 e. The lowest BCUT2D eigenvalue weighted by Gasteiger charge is -2.28. The first-order valence-electron chi connectivity index (χ1n) is 11.6. The van der Waals surface area contributed by atoms with Crippen molar-refractivity contribution in [2.45, 2.75) is 37.6 Å². The van der Waals surface area contributed by atoms with E-state index in [1.165, 1.54) is 11.8 Å². The van der Waals surface area contributed by atoms with Gasteiger partial charge in [0.05, 0.1) is 11.6 Å². The van der Waals surface area contributed by atoms with Crippen LogP contribution in [0.25, 0.3) is 11.1 Å². The largest absolute Gasteiger partial charge is 0.324 e. The number of aryl methyl sites for hydroxylation is 2. The number of hydrogen-bond acceptors (Lipinski definition) is 5. The van der Waals surface area contributed by atoms with E-state index >= 15 is 0 Å². The first-order chi connectivity index (χ1) is 16.2. The molecule has 1 aliphatic carbocycles. The van der Waals surface area contributed by atoms with Gasteiger partial charge in [-0.05, 0) is 67.9 Å². The maximum absolute atomic E-state index is 15.0. The summed E-state index contributed by atoms with van der Waals surface area (Å²) >= 11 is 0. The van der Waals surface area contributed by atoms with Crippen LogP contribution in [0.4, 0.5) is 21.8 Å². The molecule has 1 saturated carbocycles. The summed E-state index contributed by atoms with van der Waals surface area (Å²) in [5, 5.41) is 7.34. The fourth-order valence-electron chi connectivity index (χ4n) is 5.41. The lowest BCUT2D eigenvalue weighted by atomic mass is 10.0. The number of amides is 1. The van der Waals surface area contributed by atoms with E-state index in [0.717, 1.165) is 47.5 Å². The number of nitrogens with one attached hydrogen (secondary N) is 1. The highest BCUT2D eigenvalue weighted by Gasteiger charge is 2.61. The molecule has 2 aromatic heterocycles. The Kier molecular flexibility index (Phi) is 4.62. The molecule has 0 bridgehead atoms. The van der Waals surface area contributed by atoms with Gasteiger partial charge in [0.25, 0.3) is 0 Å². The van der Waals surface area contributed by atoms with Crippen LogP contribution in [0.15, 0.2) is 30.7 Å². The van der Waals surface area contributed by atoms with E-state index in [1.807, 2.05) is 18.9 Å². The fourth-order valence-corrected chi connectivity index (χ4v) is 7.84. The monoisotopic (exact) mass is 480 g/mol. The van der Waals surface area contributed by atoms with Crippen LogP contribution in [-0.4, -0.2) is 55.7 Å². The Morgan fingerprint density at radius 2 is 2.03 bits per heavy atom. The van der Waals surface area contributed by atoms with Crippen LogP contribution in [0.1, 0.15) is 30.4 Å². The van der Waals surface area contributed by atoms with Crippen molar-refractivity contribution in [2.75, 3.05) is 34.2 Å². The molecule has 6 rings (SSSR count). The van der Waals surface area contributed by atoms with E-state index in [4.69, 9.17) is 4.98 Å². The summed E-state index contributed by atoms with van der Waals surface area (Å²) in [7, 11) is 1.14. The Balaban J connectivity index is 1.33. The van der Waals surface area contributed by atoms with Gasteiger partial charge in [0.2, 0.25) is 11.9 Å². The van der Waals surface area contributed by atoms with Gasteiger partial charge in [0.1, 0.15) is 11.6 Å². The van der Waals surface area contributed by atoms with Gasteiger partial charge in [-0.3, -0.25) is 14.4 Å². The Morgan fingerprint density at radius 3 is 2.68 bits per heavy atom. The summed E-state index contributed by atoms with van der Waals surface area (Å²) in [5.74, 6) is 3.22. The lowest BCUT2D eigenvalue weighted by Crippen LogP contribution is -2.41. The molecule has 0 radical (unpaired) electrons. The Labute approximate surface area is 200 Å². The highest BCUT2D eigenvalue weighted by Crippen LogP contribution is 2.59. The number of hydrogen-bond donors (Lipinski definition) is 1. The third kappa shape index (κ3) is 3.32. The number of nitrogens with zero attached hydrogens (tertiary/aromatic N) is 5. The van der Waals surface area contributed by atoms with E-state index in [-0.39, 0.29) is 17.8 Å². The quantitative estimate of drug-likeness (QED) is 0.603. The van der Waals surface area contributed by atoms with E-state index in [0.29, 0.717) is 17.2 Å². The Bertz CT molecular complexity index is 1330. The second kappa shape index (κ2) is 7.28. The van der Waals surface area contributed by atoms with Gasteiger partial charge in [-0.15, -0.1) is 0 Å². The molecule has 2 fully saturated rings. The summed E-state index contributed by atoms with van der Waals surface area (Å²) in [6, 6.07) is 3.49. The van der Waals surface area contributed by atoms with Crippen LogP contribution >= 0.6 is 10.0 Å².